The molecule has 0 bridgehead atoms. The Bertz CT molecular complexity index is 1230. The third-order valence-corrected chi connectivity index (χ3v) is 4.59. The number of halogens is 3. The van der Waals surface area contributed by atoms with Crippen molar-refractivity contribution in [3.8, 4) is 11.3 Å². The predicted octanol–water partition coefficient (Wildman–Crippen LogP) is 5.84. The van der Waals surface area contributed by atoms with Gasteiger partial charge in [-0.05, 0) is 48.4 Å². The number of pyridine rings is 1. The third-order valence-electron chi connectivity index (χ3n) is 4.37. The molecule has 0 aliphatic rings. The number of fused-ring (bicyclic) bond motifs is 1. The number of nitrogens with zero attached hydrogens (tertiary/aromatic N) is 2. The summed E-state index contributed by atoms with van der Waals surface area (Å²) in [5.41, 5.74) is 2.76. The molecule has 0 fully saturated rings. The average molecular weight is 428 g/mol. The molecule has 4 rings (SSSR count). The number of hydrogen-bond donors (Lipinski definition) is 1. The molecular weight excluding hydrogens is 408 g/mol. The van der Waals surface area contributed by atoms with Crippen molar-refractivity contribution < 1.29 is 8.78 Å². The minimum Gasteiger partial charge on any atom is -0.310 e. The molecule has 2 heterocycles. The Balaban J connectivity index is 0.00000124. The van der Waals surface area contributed by atoms with E-state index < -0.39 is 11.6 Å². The van der Waals surface area contributed by atoms with E-state index >= 15 is 0 Å². The van der Waals surface area contributed by atoms with Gasteiger partial charge in [0.15, 0.2) is 0 Å². The number of benzene rings is 2. The molecular formula is C23H20ClF2N3O. The number of aryl methyl sites for hydroxylation is 1. The van der Waals surface area contributed by atoms with Crippen molar-refractivity contribution in [2.45, 2.75) is 27.2 Å². The molecule has 154 valence electrons. The monoisotopic (exact) mass is 427 g/mol. The topological polar surface area (TPSA) is 58.6 Å². The van der Waals surface area contributed by atoms with Gasteiger partial charge in [-0.1, -0.05) is 31.5 Å². The lowest BCUT2D eigenvalue weighted by atomic mass is 10.1. The lowest BCUT2D eigenvalue weighted by Gasteiger charge is -2.07. The molecule has 7 heteroatoms. The van der Waals surface area contributed by atoms with E-state index in [9.17, 15) is 13.6 Å². The molecule has 2 aromatic carbocycles. The molecule has 0 atom stereocenters. The van der Waals surface area contributed by atoms with Gasteiger partial charge in [-0.2, -0.15) is 0 Å². The summed E-state index contributed by atoms with van der Waals surface area (Å²) in [5.74, 6) is -0.821. The van der Waals surface area contributed by atoms with Crippen LogP contribution in [0.1, 0.15) is 30.8 Å². The second kappa shape index (κ2) is 9.13. The van der Waals surface area contributed by atoms with E-state index in [0.29, 0.717) is 39.4 Å². The quantitative estimate of drug-likeness (QED) is 0.446. The van der Waals surface area contributed by atoms with Gasteiger partial charge in [0.1, 0.15) is 17.5 Å². The SMILES string of the molecule is CC.Cc1cc(Cl)cc2c(=O)[nH]c(Cc3ccc(-c4cc(F)cc(F)c4)nc3)nc12. The van der Waals surface area contributed by atoms with Crippen molar-refractivity contribution in [2.75, 3.05) is 0 Å². The number of aromatic amines is 1. The van der Waals surface area contributed by atoms with Crippen LogP contribution in [0.5, 0.6) is 0 Å². The minimum atomic E-state index is -0.658. The fraction of sp³-hybridized carbons (Fsp3) is 0.174. The number of H-pyrrole nitrogens is 1. The van der Waals surface area contributed by atoms with E-state index in [1.165, 1.54) is 12.1 Å². The zero-order valence-electron chi connectivity index (χ0n) is 16.8. The van der Waals surface area contributed by atoms with E-state index in [-0.39, 0.29) is 5.56 Å². The van der Waals surface area contributed by atoms with Crippen LogP contribution in [0.25, 0.3) is 22.2 Å². The maximum absolute atomic E-state index is 13.4. The highest BCUT2D eigenvalue weighted by atomic mass is 35.5. The highest BCUT2D eigenvalue weighted by molar-refractivity contribution is 6.31. The lowest BCUT2D eigenvalue weighted by molar-refractivity contribution is 0.584. The van der Waals surface area contributed by atoms with Gasteiger partial charge in [0.2, 0.25) is 0 Å². The van der Waals surface area contributed by atoms with Gasteiger partial charge >= 0.3 is 0 Å². The first kappa shape index (κ1) is 21.6. The summed E-state index contributed by atoms with van der Waals surface area (Å²) in [7, 11) is 0. The van der Waals surface area contributed by atoms with Crippen LogP contribution in [0, 0.1) is 18.6 Å². The molecule has 0 saturated carbocycles. The van der Waals surface area contributed by atoms with Gasteiger partial charge in [0.05, 0.1) is 16.6 Å². The van der Waals surface area contributed by atoms with E-state index in [2.05, 4.69) is 15.0 Å². The zero-order chi connectivity index (χ0) is 21.8. The number of hydrogen-bond acceptors (Lipinski definition) is 3. The molecule has 4 aromatic rings. The summed E-state index contributed by atoms with van der Waals surface area (Å²) in [4.78, 5) is 23.9. The number of aromatic nitrogens is 3. The van der Waals surface area contributed by atoms with Gasteiger partial charge in [-0.3, -0.25) is 9.78 Å². The van der Waals surface area contributed by atoms with Crippen LogP contribution in [0.15, 0.2) is 53.5 Å². The standard InChI is InChI=1S/C21H14ClF2N3O.C2H6/c1-11-4-14(22)8-17-20(11)26-19(27-21(17)28)5-12-2-3-18(25-10-12)13-6-15(23)9-16(24)7-13;1-2/h2-4,6-10H,5H2,1H3,(H,26,27,28);1-2H3. The van der Waals surface area contributed by atoms with Gasteiger partial charge in [-0.15, -0.1) is 0 Å². The first-order valence-corrected chi connectivity index (χ1v) is 9.87. The number of nitrogens with one attached hydrogen (secondary N) is 1. The normalized spacial score (nSPS) is 10.6. The van der Waals surface area contributed by atoms with Crippen molar-refractivity contribution in [2.24, 2.45) is 0 Å². The van der Waals surface area contributed by atoms with Crippen LogP contribution in [-0.4, -0.2) is 15.0 Å². The Morgan fingerprint density at radius 1 is 1.03 bits per heavy atom. The van der Waals surface area contributed by atoms with E-state index in [4.69, 9.17) is 11.6 Å². The first-order chi connectivity index (χ1) is 14.4. The van der Waals surface area contributed by atoms with Crippen LogP contribution in [-0.2, 0) is 6.42 Å². The summed E-state index contributed by atoms with van der Waals surface area (Å²) >= 11 is 6.01. The van der Waals surface area contributed by atoms with Crippen molar-refractivity contribution in [3.63, 3.8) is 0 Å². The molecule has 0 aliphatic heterocycles. The van der Waals surface area contributed by atoms with Gasteiger partial charge in [-0.25, -0.2) is 13.8 Å². The number of rotatable bonds is 3. The Morgan fingerprint density at radius 3 is 2.37 bits per heavy atom. The molecule has 0 amide bonds. The summed E-state index contributed by atoms with van der Waals surface area (Å²) in [6, 6.07) is 10.1. The molecule has 0 aliphatic carbocycles. The minimum absolute atomic E-state index is 0.259. The van der Waals surface area contributed by atoms with E-state index in [1.54, 1.807) is 30.5 Å². The van der Waals surface area contributed by atoms with Crippen molar-refractivity contribution in [1.29, 1.82) is 0 Å². The van der Waals surface area contributed by atoms with E-state index in [0.717, 1.165) is 17.2 Å². The van der Waals surface area contributed by atoms with Crippen molar-refractivity contribution in [3.05, 3.63) is 92.6 Å². The van der Waals surface area contributed by atoms with Gasteiger partial charge in [0.25, 0.3) is 5.56 Å². The van der Waals surface area contributed by atoms with Crippen molar-refractivity contribution in [1.82, 2.24) is 15.0 Å². The second-order valence-corrected chi connectivity index (χ2v) is 6.95. The fourth-order valence-corrected chi connectivity index (χ4v) is 3.37. The van der Waals surface area contributed by atoms with Gasteiger partial charge in [0, 0.05) is 29.3 Å². The van der Waals surface area contributed by atoms with Crippen molar-refractivity contribution >= 4 is 22.5 Å². The van der Waals surface area contributed by atoms with Gasteiger partial charge < -0.3 is 4.98 Å². The summed E-state index contributed by atoms with van der Waals surface area (Å²) in [6.07, 6.45) is 1.95. The Hall–Kier alpha value is -3.12. The Labute approximate surface area is 177 Å². The predicted molar refractivity (Wildman–Crippen MR) is 116 cm³/mol. The zero-order valence-corrected chi connectivity index (χ0v) is 17.5. The van der Waals surface area contributed by atoms with Crippen LogP contribution >= 0.6 is 11.6 Å². The molecule has 2 aromatic heterocycles. The molecule has 0 spiro atoms. The summed E-state index contributed by atoms with van der Waals surface area (Å²) < 4.78 is 26.8. The summed E-state index contributed by atoms with van der Waals surface area (Å²) in [5, 5.41) is 0.925. The smallest absolute Gasteiger partial charge is 0.258 e. The van der Waals surface area contributed by atoms with Crippen LogP contribution in [0.2, 0.25) is 5.02 Å². The maximum atomic E-state index is 13.4. The molecule has 30 heavy (non-hydrogen) atoms. The fourth-order valence-electron chi connectivity index (χ4n) is 3.10. The maximum Gasteiger partial charge on any atom is 0.258 e. The second-order valence-electron chi connectivity index (χ2n) is 6.52. The molecule has 4 nitrogen and oxygen atoms in total. The van der Waals surface area contributed by atoms with Crippen LogP contribution < -0.4 is 5.56 Å². The largest absolute Gasteiger partial charge is 0.310 e. The molecule has 0 saturated heterocycles. The highest BCUT2D eigenvalue weighted by Crippen LogP contribution is 2.22. The van der Waals surface area contributed by atoms with Crippen LogP contribution in [0.4, 0.5) is 8.78 Å². The van der Waals surface area contributed by atoms with E-state index in [1.807, 2.05) is 20.8 Å². The third kappa shape index (κ3) is 4.71. The molecule has 0 radical (unpaired) electrons. The average Bonchev–Trinajstić information content (AvgIpc) is 2.70. The summed E-state index contributed by atoms with van der Waals surface area (Å²) in [6.45, 7) is 5.85. The highest BCUT2D eigenvalue weighted by Gasteiger charge is 2.10. The molecule has 1 N–H and O–H groups in total. The first-order valence-electron chi connectivity index (χ1n) is 9.49. The Kier molecular flexibility index (Phi) is 6.57. The van der Waals surface area contributed by atoms with Crippen LogP contribution in [0.3, 0.4) is 0 Å². The lowest BCUT2D eigenvalue weighted by Crippen LogP contribution is -2.13. The Morgan fingerprint density at radius 2 is 1.73 bits per heavy atom. The molecule has 0 unspecified atom stereocenters.